The molecule has 0 radical (unpaired) electrons. The van der Waals surface area contributed by atoms with Gasteiger partial charge in [-0.2, -0.15) is 0 Å². The van der Waals surface area contributed by atoms with Crippen LogP contribution >= 0.6 is 24.0 Å². The van der Waals surface area contributed by atoms with Crippen LogP contribution in [0, 0.1) is 4.64 Å². The maximum atomic E-state index is 11.8. The van der Waals surface area contributed by atoms with E-state index in [0.29, 0.717) is 37.6 Å². The van der Waals surface area contributed by atoms with Gasteiger partial charge in [0.1, 0.15) is 22.0 Å². The largest absolute Gasteiger partial charge is 0.491 e. The first-order valence-electron chi connectivity index (χ1n) is 10.8. The molecule has 214 valence electrons. The molecule has 1 atom stereocenters. The fourth-order valence-electron chi connectivity index (χ4n) is 3.21. The first-order chi connectivity index (χ1) is 16.5. The minimum absolute atomic E-state index is 0. The Hall–Kier alpha value is -2.94. The number of pyridine rings is 1. The van der Waals surface area contributed by atoms with Gasteiger partial charge in [0.05, 0.1) is 36.7 Å². The minimum atomic E-state index is -0.0725. The molecule has 3 heterocycles. The van der Waals surface area contributed by atoms with Gasteiger partial charge in [0, 0.05) is 43.0 Å². The standard InChI is InChI=1S/C18H24N4O4S.C5H5NS.2CH4.2H2O/c1-25-4-5-26-12-6-11-7-15(22-17(11)14(19)8-12)18-21-10-13(27-18)9-16(24)20-2-3-23;7-5-3-1-2-4-6-5;;;;/h6-8,13,22-23H,2-5,9-10,19H2,1H3,(H,20,24);1-4H,(H,6,7);2*1H4;2*1H2. The zero-order valence-electron chi connectivity index (χ0n) is 19.9. The van der Waals surface area contributed by atoms with Crippen LogP contribution in [0.15, 0.2) is 47.6 Å². The maximum Gasteiger partial charge on any atom is 0.221 e. The predicted molar refractivity (Wildman–Crippen MR) is 160 cm³/mol. The quantitative estimate of drug-likeness (QED) is 0.147. The zero-order chi connectivity index (χ0) is 24.3. The van der Waals surface area contributed by atoms with Crippen LogP contribution in [0.25, 0.3) is 10.9 Å². The Morgan fingerprint density at radius 2 is 2.03 bits per heavy atom. The van der Waals surface area contributed by atoms with Gasteiger partial charge in [-0.15, -0.1) is 0 Å². The molecule has 1 amide bonds. The number of benzene rings is 1. The molecule has 0 saturated carbocycles. The number of H-pyrrole nitrogens is 2. The first-order valence-corrected chi connectivity index (χ1v) is 12.1. The number of rotatable bonds is 9. The molecule has 0 spiro atoms. The number of thioether (sulfide) groups is 1. The molecule has 10 N–H and O–H groups in total. The van der Waals surface area contributed by atoms with E-state index in [2.05, 4.69) is 20.3 Å². The molecule has 3 aromatic rings. The van der Waals surface area contributed by atoms with Gasteiger partial charge in [0.25, 0.3) is 0 Å². The molecule has 13 heteroatoms. The highest BCUT2D eigenvalue weighted by molar-refractivity contribution is 8.15. The van der Waals surface area contributed by atoms with Gasteiger partial charge in [-0.3, -0.25) is 9.79 Å². The third-order valence-corrected chi connectivity index (χ3v) is 6.24. The van der Waals surface area contributed by atoms with Crippen molar-refractivity contribution in [2.24, 2.45) is 4.99 Å². The van der Waals surface area contributed by atoms with Crippen molar-refractivity contribution in [2.75, 3.05) is 45.8 Å². The van der Waals surface area contributed by atoms with Gasteiger partial charge in [-0.05, 0) is 24.3 Å². The number of carbonyl (C=O) groups excluding carboxylic acids is 1. The van der Waals surface area contributed by atoms with Crippen LogP contribution in [-0.2, 0) is 9.53 Å². The van der Waals surface area contributed by atoms with E-state index in [1.54, 1.807) is 24.9 Å². The summed E-state index contributed by atoms with van der Waals surface area (Å²) in [5, 5.41) is 13.3. The van der Waals surface area contributed by atoms with Crippen molar-refractivity contribution in [3.05, 3.63) is 52.9 Å². The van der Waals surface area contributed by atoms with Gasteiger partial charge in [0.2, 0.25) is 5.91 Å². The second kappa shape index (κ2) is 19.2. The van der Waals surface area contributed by atoms with Crippen molar-refractivity contribution in [2.45, 2.75) is 26.5 Å². The number of nitrogens with two attached hydrogens (primary N) is 1. The Balaban J connectivity index is 0. The lowest BCUT2D eigenvalue weighted by atomic mass is 10.2. The molecule has 0 fully saturated rings. The fraction of sp³-hybridized carbons (Fsp3) is 0.400. The molecule has 0 bridgehead atoms. The van der Waals surface area contributed by atoms with Crippen molar-refractivity contribution >= 4 is 51.5 Å². The molecule has 38 heavy (non-hydrogen) atoms. The predicted octanol–water partition coefficient (Wildman–Crippen LogP) is 2.50. The van der Waals surface area contributed by atoms with Gasteiger partial charge in [-0.25, -0.2) is 0 Å². The average Bonchev–Trinajstić information content (AvgIpc) is 3.46. The van der Waals surface area contributed by atoms with Crippen LogP contribution in [0.4, 0.5) is 5.69 Å². The lowest BCUT2D eigenvalue weighted by molar-refractivity contribution is -0.121. The molecule has 4 rings (SSSR count). The fourth-order valence-corrected chi connectivity index (χ4v) is 4.44. The summed E-state index contributed by atoms with van der Waals surface area (Å²) in [5.41, 5.74) is 8.48. The highest BCUT2D eigenvalue weighted by Gasteiger charge is 2.24. The number of nitrogens with one attached hydrogen (secondary N) is 3. The summed E-state index contributed by atoms with van der Waals surface area (Å²) < 4.78 is 11.4. The Morgan fingerprint density at radius 1 is 1.26 bits per heavy atom. The summed E-state index contributed by atoms with van der Waals surface area (Å²) in [4.78, 5) is 22.5. The molecule has 0 saturated heterocycles. The number of aromatic nitrogens is 2. The molecule has 1 aliphatic heterocycles. The van der Waals surface area contributed by atoms with E-state index in [-0.39, 0.29) is 50.1 Å². The number of methoxy groups -OCH3 is 1. The van der Waals surface area contributed by atoms with Crippen LogP contribution < -0.4 is 15.8 Å². The zero-order valence-corrected chi connectivity index (χ0v) is 21.5. The second-order valence-electron chi connectivity index (χ2n) is 7.39. The molecular weight excluding hydrogens is 530 g/mol. The molecule has 2 aromatic heterocycles. The molecule has 1 aliphatic rings. The van der Waals surface area contributed by atoms with Gasteiger partial charge >= 0.3 is 0 Å². The third kappa shape index (κ3) is 11.2. The van der Waals surface area contributed by atoms with Crippen LogP contribution in [-0.4, -0.2) is 82.2 Å². The van der Waals surface area contributed by atoms with Crippen LogP contribution in [0.2, 0.25) is 0 Å². The summed E-state index contributed by atoms with van der Waals surface area (Å²) in [6.07, 6.45) is 2.18. The van der Waals surface area contributed by atoms with Gasteiger partial charge in [-0.1, -0.05) is 44.9 Å². The SMILES string of the molecule is C.C.COCCOc1cc(N)c2[nH]c(C3=NCC(CC(=O)NCCO)S3)cc2c1.O.O.S=c1cccc[nH]1. The first kappa shape index (κ1) is 37.2. The highest BCUT2D eigenvalue weighted by Crippen LogP contribution is 2.32. The lowest BCUT2D eigenvalue weighted by Gasteiger charge is -2.08. The van der Waals surface area contributed by atoms with Crippen molar-refractivity contribution in [1.29, 1.82) is 0 Å². The monoisotopic (exact) mass is 571 g/mol. The van der Waals surface area contributed by atoms with Crippen molar-refractivity contribution < 1.29 is 30.3 Å². The number of hydrogen-bond donors (Lipinski definition) is 5. The number of aliphatic hydroxyl groups is 1. The normalized spacial score (nSPS) is 13.3. The van der Waals surface area contributed by atoms with Crippen molar-refractivity contribution in [1.82, 2.24) is 15.3 Å². The third-order valence-electron chi connectivity index (χ3n) is 4.76. The van der Waals surface area contributed by atoms with Gasteiger partial charge < -0.3 is 46.6 Å². The van der Waals surface area contributed by atoms with Crippen molar-refractivity contribution in [3.63, 3.8) is 0 Å². The number of fused-ring (bicyclic) bond motifs is 1. The number of carbonyl (C=O) groups is 1. The summed E-state index contributed by atoms with van der Waals surface area (Å²) in [7, 11) is 1.63. The van der Waals surface area contributed by atoms with E-state index >= 15 is 0 Å². The van der Waals surface area contributed by atoms with E-state index in [1.165, 1.54) is 0 Å². The summed E-state index contributed by atoms with van der Waals surface area (Å²) in [6.45, 7) is 1.78. The van der Waals surface area contributed by atoms with E-state index < -0.39 is 0 Å². The maximum absolute atomic E-state index is 11.8. The average molecular weight is 572 g/mol. The Labute approximate surface area is 232 Å². The van der Waals surface area contributed by atoms with E-state index in [9.17, 15) is 4.79 Å². The van der Waals surface area contributed by atoms with Gasteiger partial charge in [0.15, 0.2) is 0 Å². The summed E-state index contributed by atoms with van der Waals surface area (Å²) >= 11 is 6.33. The Kier molecular flexibility index (Phi) is 18.8. The second-order valence-corrected chi connectivity index (χ2v) is 9.12. The number of nitrogen functional groups attached to an aromatic ring is 1. The smallest absolute Gasteiger partial charge is 0.221 e. The lowest BCUT2D eigenvalue weighted by Crippen LogP contribution is -2.29. The molecular formula is C25H41N5O6S2. The van der Waals surface area contributed by atoms with Crippen LogP contribution in [0.3, 0.4) is 0 Å². The number of amides is 1. The number of aliphatic hydroxyl groups excluding tert-OH is 1. The van der Waals surface area contributed by atoms with Crippen LogP contribution in [0.1, 0.15) is 27.0 Å². The molecule has 11 nitrogen and oxygen atoms in total. The minimum Gasteiger partial charge on any atom is -0.491 e. The number of aliphatic imine (C=N–C) groups is 1. The number of hydrogen-bond acceptors (Lipinski definition) is 8. The highest BCUT2D eigenvalue weighted by atomic mass is 32.2. The number of ether oxygens (including phenoxy) is 2. The van der Waals surface area contributed by atoms with E-state index in [0.717, 1.165) is 26.3 Å². The van der Waals surface area contributed by atoms with E-state index in [4.69, 9.17) is 32.5 Å². The topological polar surface area (TPSA) is 201 Å². The summed E-state index contributed by atoms with van der Waals surface area (Å²) in [5.74, 6) is 0.624. The summed E-state index contributed by atoms with van der Waals surface area (Å²) in [6, 6.07) is 11.4. The molecule has 1 aromatic carbocycles. The Morgan fingerprint density at radius 3 is 2.63 bits per heavy atom. The Bertz CT molecular complexity index is 1170. The molecule has 0 aliphatic carbocycles. The van der Waals surface area contributed by atoms with Crippen LogP contribution in [0.5, 0.6) is 5.75 Å². The molecule has 1 unspecified atom stereocenters. The number of anilines is 1. The van der Waals surface area contributed by atoms with Crippen molar-refractivity contribution in [3.8, 4) is 5.75 Å². The number of nitrogens with zero attached hydrogens (tertiary/aromatic N) is 1. The number of aromatic amines is 2. The van der Waals surface area contributed by atoms with E-state index in [1.807, 2.05) is 36.5 Å².